The first kappa shape index (κ1) is 22.7. The number of anilines is 1. The molecule has 0 unspecified atom stereocenters. The van der Waals surface area contributed by atoms with Crippen molar-refractivity contribution >= 4 is 60.3 Å². The predicted molar refractivity (Wildman–Crippen MR) is 134 cm³/mol. The van der Waals surface area contributed by atoms with Crippen LogP contribution in [0.1, 0.15) is 23.7 Å². The second-order valence-corrected chi connectivity index (χ2v) is 10.6. The molecular formula is C23H26BrN3O2S2. The van der Waals surface area contributed by atoms with Crippen LogP contribution >= 0.6 is 39.0 Å². The van der Waals surface area contributed by atoms with E-state index in [1.807, 2.05) is 35.2 Å². The van der Waals surface area contributed by atoms with Crippen LogP contribution < -0.4 is 4.90 Å². The second kappa shape index (κ2) is 10.9. The number of carbonyl (C=O) groups excluding carboxylic acids is 1. The van der Waals surface area contributed by atoms with Gasteiger partial charge in [0.1, 0.15) is 0 Å². The van der Waals surface area contributed by atoms with Gasteiger partial charge in [-0.05, 0) is 48.6 Å². The molecule has 0 saturated carbocycles. The molecule has 31 heavy (non-hydrogen) atoms. The molecule has 1 fully saturated rings. The van der Waals surface area contributed by atoms with Gasteiger partial charge in [0.15, 0.2) is 5.13 Å². The van der Waals surface area contributed by atoms with Crippen molar-refractivity contribution < 1.29 is 9.53 Å². The maximum atomic E-state index is 13.6. The van der Waals surface area contributed by atoms with Gasteiger partial charge in [0, 0.05) is 41.1 Å². The van der Waals surface area contributed by atoms with Crippen molar-refractivity contribution in [3.05, 3.63) is 52.5 Å². The number of rotatable bonds is 8. The van der Waals surface area contributed by atoms with Gasteiger partial charge in [-0.1, -0.05) is 40.3 Å². The number of morpholine rings is 1. The molecule has 0 spiro atoms. The van der Waals surface area contributed by atoms with E-state index in [9.17, 15) is 4.79 Å². The van der Waals surface area contributed by atoms with E-state index in [1.54, 1.807) is 23.1 Å². The lowest BCUT2D eigenvalue weighted by atomic mass is 10.2. The molecule has 1 aliphatic heterocycles. The highest BCUT2D eigenvalue weighted by molar-refractivity contribution is 9.10. The predicted octanol–water partition coefficient (Wildman–Crippen LogP) is 5.54. The normalized spacial score (nSPS) is 14.8. The molecule has 3 aromatic rings. The third-order valence-electron chi connectivity index (χ3n) is 5.17. The summed E-state index contributed by atoms with van der Waals surface area (Å²) in [4.78, 5) is 23.7. The zero-order chi connectivity index (χ0) is 21.6. The Balaban J connectivity index is 1.57. The van der Waals surface area contributed by atoms with Crippen LogP contribution in [0.4, 0.5) is 5.13 Å². The molecule has 1 amide bonds. The van der Waals surface area contributed by atoms with Gasteiger partial charge in [0.2, 0.25) is 0 Å². The fraction of sp³-hybridized carbons (Fsp3) is 0.391. The highest BCUT2D eigenvalue weighted by atomic mass is 79.9. The van der Waals surface area contributed by atoms with Crippen LogP contribution in [-0.4, -0.2) is 60.9 Å². The van der Waals surface area contributed by atoms with E-state index in [0.717, 1.165) is 69.7 Å². The number of aromatic nitrogens is 1. The number of fused-ring (bicyclic) bond motifs is 1. The minimum atomic E-state index is 0.0126. The number of hydrogen-bond donors (Lipinski definition) is 0. The van der Waals surface area contributed by atoms with Crippen molar-refractivity contribution in [3.63, 3.8) is 0 Å². The van der Waals surface area contributed by atoms with Crippen molar-refractivity contribution in [1.29, 1.82) is 0 Å². The maximum absolute atomic E-state index is 13.6. The summed E-state index contributed by atoms with van der Waals surface area (Å²) in [7, 11) is 0. The summed E-state index contributed by atoms with van der Waals surface area (Å²) in [6, 6.07) is 14.0. The zero-order valence-electron chi connectivity index (χ0n) is 17.6. The van der Waals surface area contributed by atoms with Crippen LogP contribution in [0.3, 0.4) is 0 Å². The van der Waals surface area contributed by atoms with Gasteiger partial charge >= 0.3 is 0 Å². The Hall–Kier alpha value is -1.45. The average Bonchev–Trinajstić information content (AvgIpc) is 3.20. The average molecular weight is 521 g/mol. The van der Waals surface area contributed by atoms with Gasteiger partial charge in [-0.2, -0.15) is 0 Å². The summed E-state index contributed by atoms with van der Waals surface area (Å²) in [6.07, 6.45) is 0.898. The van der Waals surface area contributed by atoms with E-state index in [1.165, 1.54) is 0 Å². The van der Waals surface area contributed by atoms with Crippen molar-refractivity contribution in [3.8, 4) is 0 Å². The lowest BCUT2D eigenvalue weighted by molar-refractivity contribution is 0.0376. The molecule has 8 heteroatoms. The first-order valence-corrected chi connectivity index (χ1v) is 13.1. The maximum Gasteiger partial charge on any atom is 0.260 e. The monoisotopic (exact) mass is 519 g/mol. The smallest absolute Gasteiger partial charge is 0.260 e. The van der Waals surface area contributed by atoms with Crippen molar-refractivity contribution in [2.45, 2.75) is 18.2 Å². The number of halogens is 1. The third-order valence-corrected chi connectivity index (χ3v) is 7.58. The second-order valence-electron chi connectivity index (χ2n) is 7.33. The van der Waals surface area contributed by atoms with Crippen LogP contribution in [-0.2, 0) is 4.74 Å². The highest BCUT2D eigenvalue weighted by Gasteiger charge is 2.22. The van der Waals surface area contributed by atoms with Gasteiger partial charge in [-0.15, -0.1) is 11.8 Å². The highest BCUT2D eigenvalue weighted by Crippen LogP contribution is 2.32. The van der Waals surface area contributed by atoms with Gasteiger partial charge < -0.3 is 4.74 Å². The van der Waals surface area contributed by atoms with Crippen molar-refractivity contribution in [2.75, 3.05) is 50.0 Å². The van der Waals surface area contributed by atoms with Crippen LogP contribution in [0.25, 0.3) is 10.2 Å². The van der Waals surface area contributed by atoms with Gasteiger partial charge in [-0.25, -0.2) is 4.98 Å². The molecule has 1 aliphatic rings. The lowest BCUT2D eigenvalue weighted by Crippen LogP contribution is -2.39. The minimum absolute atomic E-state index is 0.0126. The molecule has 2 heterocycles. The summed E-state index contributed by atoms with van der Waals surface area (Å²) in [6.45, 7) is 7.21. The number of hydrogen-bond acceptors (Lipinski definition) is 6. The molecule has 0 atom stereocenters. The van der Waals surface area contributed by atoms with E-state index < -0.39 is 0 Å². The number of ether oxygens (including phenoxy) is 1. The van der Waals surface area contributed by atoms with Gasteiger partial charge in [0.05, 0.1) is 23.4 Å². The molecule has 0 aliphatic carbocycles. The Morgan fingerprint density at radius 2 is 2.10 bits per heavy atom. The summed E-state index contributed by atoms with van der Waals surface area (Å²) in [5.74, 6) is 0.992. The molecule has 0 bridgehead atoms. The van der Waals surface area contributed by atoms with Crippen LogP contribution in [0.2, 0.25) is 0 Å². The number of benzene rings is 2. The molecule has 164 valence electrons. The van der Waals surface area contributed by atoms with E-state index in [-0.39, 0.29) is 5.91 Å². The van der Waals surface area contributed by atoms with E-state index in [0.29, 0.717) is 12.1 Å². The van der Waals surface area contributed by atoms with Crippen molar-refractivity contribution in [1.82, 2.24) is 9.88 Å². The molecule has 1 aromatic heterocycles. The quantitative estimate of drug-likeness (QED) is 0.365. The number of amides is 1. The number of nitrogens with zero attached hydrogens (tertiary/aromatic N) is 3. The molecular weight excluding hydrogens is 494 g/mol. The summed E-state index contributed by atoms with van der Waals surface area (Å²) in [5, 5.41) is 0.758. The molecule has 4 rings (SSSR count). The summed E-state index contributed by atoms with van der Waals surface area (Å²) in [5.41, 5.74) is 1.63. The molecule has 0 N–H and O–H groups in total. The van der Waals surface area contributed by atoms with Gasteiger partial charge in [-0.3, -0.25) is 14.6 Å². The van der Waals surface area contributed by atoms with Gasteiger partial charge in [0.25, 0.3) is 5.91 Å². The molecule has 2 aromatic carbocycles. The number of carbonyl (C=O) groups is 1. The SMILES string of the molecule is CCSc1cccc(C(=O)N(CCCN2CCOCC2)c2nc3ccc(Br)cc3s2)c1. The van der Waals surface area contributed by atoms with Crippen LogP contribution in [0.15, 0.2) is 51.8 Å². The van der Waals surface area contributed by atoms with E-state index >= 15 is 0 Å². The van der Waals surface area contributed by atoms with Crippen LogP contribution in [0.5, 0.6) is 0 Å². The van der Waals surface area contributed by atoms with E-state index in [2.05, 4.69) is 39.9 Å². The lowest BCUT2D eigenvalue weighted by Gasteiger charge is -2.27. The minimum Gasteiger partial charge on any atom is -0.379 e. The molecule has 5 nitrogen and oxygen atoms in total. The van der Waals surface area contributed by atoms with E-state index in [4.69, 9.17) is 9.72 Å². The summed E-state index contributed by atoms with van der Waals surface area (Å²) >= 11 is 6.85. The Morgan fingerprint density at radius 1 is 1.26 bits per heavy atom. The fourth-order valence-electron chi connectivity index (χ4n) is 3.60. The largest absolute Gasteiger partial charge is 0.379 e. The fourth-order valence-corrected chi connectivity index (χ4v) is 5.86. The zero-order valence-corrected chi connectivity index (χ0v) is 20.8. The molecule has 1 saturated heterocycles. The number of thioether (sulfide) groups is 1. The Kier molecular flexibility index (Phi) is 8.01. The first-order chi connectivity index (χ1) is 15.1. The standard InChI is InChI=1S/C23H26BrN3O2S2/c1-2-30-19-6-3-5-17(15-19)22(28)27(10-4-9-26-11-13-29-14-12-26)23-25-20-8-7-18(24)16-21(20)31-23/h3,5-8,15-16H,2,4,9-14H2,1H3. The van der Waals surface area contributed by atoms with Crippen LogP contribution in [0, 0.1) is 0 Å². The Bertz CT molecular complexity index is 1040. The number of thiazole rings is 1. The Labute approximate surface area is 199 Å². The first-order valence-electron chi connectivity index (χ1n) is 10.5. The third kappa shape index (κ3) is 5.87. The molecule has 0 radical (unpaired) electrons. The summed E-state index contributed by atoms with van der Waals surface area (Å²) < 4.78 is 7.54. The topological polar surface area (TPSA) is 45.7 Å². The Morgan fingerprint density at radius 3 is 2.90 bits per heavy atom. The van der Waals surface area contributed by atoms with Crippen molar-refractivity contribution in [2.24, 2.45) is 0 Å².